The second-order valence-corrected chi connectivity index (χ2v) is 7.30. The van der Waals surface area contributed by atoms with Crippen LogP contribution in [0.5, 0.6) is 0 Å². The lowest BCUT2D eigenvalue weighted by Crippen LogP contribution is -2.24. The summed E-state index contributed by atoms with van der Waals surface area (Å²) in [6, 6.07) is 13.9. The summed E-state index contributed by atoms with van der Waals surface area (Å²) in [4.78, 5) is 41.3. The monoisotopic (exact) mass is 410 g/mol. The van der Waals surface area contributed by atoms with Crippen molar-refractivity contribution in [1.29, 1.82) is 0 Å². The molecule has 0 unspecified atom stereocenters. The average molecular weight is 410 g/mol. The number of rotatable bonds is 7. The van der Waals surface area contributed by atoms with Crippen LogP contribution < -0.4 is 16.2 Å². The van der Waals surface area contributed by atoms with Crippen molar-refractivity contribution in [2.45, 2.75) is 25.0 Å². The maximum absolute atomic E-state index is 12.8. The van der Waals surface area contributed by atoms with Gasteiger partial charge in [0.05, 0.1) is 16.7 Å². The van der Waals surface area contributed by atoms with Crippen LogP contribution in [0.3, 0.4) is 0 Å². The molecule has 0 saturated carbocycles. The topological polar surface area (TPSA) is 93.1 Å². The van der Waals surface area contributed by atoms with Gasteiger partial charge in [0.1, 0.15) is 0 Å². The molecule has 0 atom stereocenters. The van der Waals surface area contributed by atoms with Crippen LogP contribution in [-0.4, -0.2) is 34.2 Å². The average Bonchev–Trinajstić information content (AvgIpc) is 2.74. The van der Waals surface area contributed by atoms with Crippen molar-refractivity contribution in [3.63, 3.8) is 0 Å². The van der Waals surface area contributed by atoms with Crippen LogP contribution >= 0.6 is 11.8 Å². The maximum atomic E-state index is 12.8. The first-order chi connectivity index (χ1) is 14.0. The lowest BCUT2D eigenvalue weighted by molar-refractivity contribution is -0.113. The lowest BCUT2D eigenvalue weighted by atomic mass is 10.2. The molecule has 0 aliphatic rings. The largest absolute Gasteiger partial charge is 0.355 e. The van der Waals surface area contributed by atoms with Crippen molar-refractivity contribution < 1.29 is 9.59 Å². The SMILES string of the molecule is CCCn1c(SCC(=O)Nc2ccc(C(=O)NC)cc2)nc2ccccc2c1=O. The third-order valence-electron chi connectivity index (χ3n) is 4.26. The number of carbonyl (C=O) groups excluding carboxylic acids is 2. The third kappa shape index (κ3) is 4.83. The molecule has 3 rings (SSSR count). The summed E-state index contributed by atoms with van der Waals surface area (Å²) in [5.74, 6) is -0.283. The number of hydrogen-bond donors (Lipinski definition) is 2. The Bertz CT molecular complexity index is 1090. The van der Waals surface area contributed by atoms with E-state index < -0.39 is 0 Å². The van der Waals surface area contributed by atoms with Gasteiger partial charge in [-0.15, -0.1) is 0 Å². The smallest absolute Gasteiger partial charge is 0.262 e. The summed E-state index contributed by atoms with van der Waals surface area (Å²) < 4.78 is 1.62. The summed E-state index contributed by atoms with van der Waals surface area (Å²) in [7, 11) is 1.56. The molecular weight excluding hydrogens is 388 g/mol. The highest BCUT2D eigenvalue weighted by atomic mass is 32.2. The molecule has 8 heteroatoms. The Balaban J connectivity index is 1.72. The van der Waals surface area contributed by atoms with Crippen molar-refractivity contribution in [2.24, 2.45) is 0 Å². The van der Waals surface area contributed by atoms with Gasteiger partial charge >= 0.3 is 0 Å². The zero-order valence-corrected chi connectivity index (χ0v) is 17.1. The number of carbonyl (C=O) groups is 2. The van der Waals surface area contributed by atoms with Crippen molar-refractivity contribution in [1.82, 2.24) is 14.9 Å². The minimum atomic E-state index is -0.215. The van der Waals surface area contributed by atoms with Gasteiger partial charge in [-0.05, 0) is 42.8 Å². The van der Waals surface area contributed by atoms with Gasteiger partial charge in [0, 0.05) is 24.8 Å². The highest BCUT2D eigenvalue weighted by Crippen LogP contribution is 2.19. The molecule has 2 aromatic carbocycles. The van der Waals surface area contributed by atoms with Gasteiger partial charge in [-0.1, -0.05) is 30.8 Å². The number of fused-ring (bicyclic) bond motifs is 1. The molecule has 0 aliphatic carbocycles. The van der Waals surface area contributed by atoms with Gasteiger partial charge in [0.15, 0.2) is 5.16 Å². The molecule has 1 aromatic heterocycles. The van der Waals surface area contributed by atoms with Gasteiger partial charge < -0.3 is 10.6 Å². The van der Waals surface area contributed by atoms with E-state index in [1.165, 1.54) is 11.8 Å². The van der Waals surface area contributed by atoms with Crippen LogP contribution in [-0.2, 0) is 11.3 Å². The first kappa shape index (κ1) is 20.6. The molecule has 0 spiro atoms. The van der Waals surface area contributed by atoms with E-state index in [4.69, 9.17) is 0 Å². The molecule has 150 valence electrons. The Morgan fingerprint density at radius 1 is 1.10 bits per heavy atom. The van der Waals surface area contributed by atoms with Crippen LogP contribution in [0, 0.1) is 0 Å². The molecule has 0 aliphatic heterocycles. The summed E-state index contributed by atoms with van der Waals surface area (Å²) in [5.41, 5.74) is 1.65. The highest BCUT2D eigenvalue weighted by Gasteiger charge is 2.13. The zero-order chi connectivity index (χ0) is 20.8. The quantitative estimate of drug-likeness (QED) is 0.461. The Hall–Kier alpha value is -3.13. The molecular formula is C21H22N4O3S. The van der Waals surface area contributed by atoms with Crippen LogP contribution in [0.4, 0.5) is 5.69 Å². The zero-order valence-electron chi connectivity index (χ0n) is 16.3. The fourth-order valence-electron chi connectivity index (χ4n) is 2.86. The van der Waals surface area contributed by atoms with E-state index in [0.29, 0.717) is 33.9 Å². The van der Waals surface area contributed by atoms with Gasteiger partial charge in [0.25, 0.3) is 11.5 Å². The predicted octanol–water partition coefficient (Wildman–Crippen LogP) is 2.90. The fourth-order valence-corrected chi connectivity index (χ4v) is 3.68. The standard InChI is InChI=1S/C21H22N4O3S/c1-3-12-25-20(28)16-6-4-5-7-17(16)24-21(25)29-13-18(26)23-15-10-8-14(9-11-15)19(27)22-2/h4-11H,3,12-13H2,1-2H3,(H,22,27)(H,23,26). The van der Waals surface area contributed by atoms with Crippen LogP contribution in [0.15, 0.2) is 58.5 Å². The van der Waals surface area contributed by atoms with E-state index in [1.807, 2.05) is 19.1 Å². The van der Waals surface area contributed by atoms with Crippen molar-refractivity contribution in [2.75, 3.05) is 18.1 Å². The summed E-state index contributed by atoms with van der Waals surface area (Å²) in [5, 5.41) is 6.44. The Morgan fingerprint density at radius 2 is 1.83 bits per heavy atom. The van der Waals surface area contributed by atoms with Gasteiger partial charge in [-0.25, -0.2) is 4.98 Å². The van der Waals surface area contributed by atoms with Gasteiger partial charge in [-0.3, -0.25) is 19.0 Å². The minimum Gasteiger partial charge on any atom is -0.355 e. The summed E-state index contributed by atoms with van der Waals surface area (Å²) >= 11 is 1.23. The molecule has 1 heterocycles. The number of nitrogens with one attached hydrogen (secondary N) is 2. The van der Waals surface area contributed by atoms with E-state index in [2.05, 4.69) is 15.6 Å². The van der Waals surface area contributed by atoms with Gasteiger partial charge in [0.2, 0.25) is 5.91 Å². The summed E-state index contributed by atoms with van der Waals surface area (Å²) in [6.07, 6.45) is 0.789. The van der Waals surface area contributed by atoms with Crippen molar-refractivity contribution in [3.05, 3.63) is 64.4 Å². The van der Waals surface area contributed by atoms with Crippen LogP contribution in [0.1, 0.15) is 23.7 Å². The fraction of sp³-hybridized carbons (Fsp3) is 0.238. The second-order valence-electron chi connectivity index (χ2n) is 6.36. The van der Waals surface area contributed by atoms with Crippen molar-refractivity contribution >= 4 is 40.2 Å². The number of anilines is 1. The minimum absolute atomic E-state index is 0.0925. The molecule has 7 nitrogen and oxygen atoms in total. The lowest BCUT2D eigenvalue weighted by Gasteiger charge is -2.12. The molecule has 0 radical (unpaired) electrons. The van der Waals surface area contributed by atoms with E-state index >= 15 is 0 Å². The Kier molecular flexibility index (Phi) is 6.66. The molecule has 3 aromatic rings. The molecule has 29 heavy (non-hydrogen) atoms. The first-order valence-electron chi connectivity index (χ1n) is 9.28. The number of benzene rings is 2. The molecule has 0 saturated heterocycles. The second kappa shape index (κ2) is 9.38. The van der Waals surface area contributed by atoms with E-state index in [9.17, 15) is 14.4 Å². The number of amides is 2. The van der Waals surface area contributed by atoms with Crippen LogP contribution in [0.2, 0.25) is 0 Å². The predicted molar refractivity (Wildman–Crippen MR) is 115 cm³/mol. The number of nitrogens with zero attached hydrogens (tertiary/aromatic N) is 2. The number of aromatic nitrogens is 2. The maximum Gasteiger partial charge on any atom is 0.262 e. The number of hydrogen-bond acceptors (Lipinski definition) is 5. The molecule has 2 amide bonds. The number of thioether (sulfide) groups is 1. The Labute approximate surface area is 172 Å². The van der Waals surface area contributed by atoms with Crippen molar-refractivity contribution in [3.8, 4) is 0 Å². The summed E-state index contributed by atoms with van der Waals surface area (Å²) in [6.45, 7) is 2.53. The Morgan fingerprint density at radius 3 is 2.52 bits per heavy atom. The number of para-hydroxylation sites is 1. The first-order valence-corrected chi connectivity index (χ1v) is 10.3. The molecule has 2 N–H and O–H groups in total. The molecule has 0 fully saturated rings. The molecule has 0 bridgehead atoms. The normalized spacial score (nSPS) is 10.7. The van der Waals surface area contributed by atoms with Crippen LogP contribution in [0.25, 0.3) is 10.9 Å². The third-order valence-corrected chi connectivity index (χ3v) is 5.24. The van der Waals surface area contributed by atoms with E-state index in [1.54, 1.807) is 48.0 Å². The van der Waals surface area contributed by atoms with Gasteiger partial charge in [-0.2, -0.15) is 0 Å². The highest BCUT2D eigenvalue weighted by molar-refractivity contribution is 7.99. The van der Waals surface area contributed by atoms with E-state index in [-0.39, 0.29) is 23.1 Å². The van der Waals surface area contributed by atoms with E-state index in [0.717, 1.165) is 6.42 Å².